The third-order valence-electron chi connectivity index (χ3n) is 2.77. The van der Waals surface area contributed by atoms with Crippen molar-refractivity contribution >= 4 is 0 Å². The third kappa shape index (κ3) is 3.27. The molecule has 1 heterocycles. The van der Waals surface area contributed by atoms with E-state index >= 15 is 0 Å². The van der Waals surface area contributed by atoms with Crippen LogP contribution in [-0.4, -0.2) is 26.8 Å². The molecule has 0 fully saturated rings. The maximum absolute atomic E-state index is 4.10. The van der Waals surface area contributed by atoms with E-state index in [0.29, 0.717) is 12.0 Å². The summed E-state index contributed by atoms with van der Waals surface area (Å²) in [6, 6.07) is 0.397. The molecular formula is C11H23N5. The molecule has 16 heavy (non-hydrogen) atoms. The van der Waals surface area contributed by atoms with Gasteiger partial charge in [0.25, 0.3) is 0 Å². The second-order valence-electron chi connectivity index (χ2n) is 4.44. The fourth-order valence-electron chi connectivity index (χ4n) is 1.89. The van der Waals surface area contributed by atoms with Crippen LogP contribution in [0.4, 0.5) is 0 Å². The lowest BCUT2D eigenvalue weighted by Crippen LogP contribution is -2.23. The van der Waals surface area contributed by atoms with E-state index in [1.54, 1.807) is 0 Å². The van der Waals surface area contributed by atoms with Gasteiger partial charge in [0.15, 0.2) is 5.82 Å². The highest BCUT2D eigenvalue weighted by molar-refractivity contribution is 4.84. The summed E-state index contributed by atoms with van der Waals surface area (Å²) in [5, 5.41) is 15.3. The van der Waals surface area contributed by atoms with E-state index in [2.05, 4.69) is 48.5 Å². The zero-order valence-corrected chi connectivity index (χ0v) is 10.8. The normalized spacial score (nSPS) is 13.3. The van der Waals surface area contributed by atoms with Crippen LogP contribution in [0, 0.1) is 5.92 Å². The van der Waals surface area contributed by atoms with Gasteiger partial charge in [0.1, 0.15) is 0 Å². The molecule has 0 aromatic carbocycles. The zero-order chi connectivity index (χ0) is 12.0. The van der Waals surface area contributed by atoms with Gasteiger partial charge in [-0.1, -0.05) is 27.7 Å². The molecule has 0 amide bonds. The molecule has 0 saturated carbocycles. The largest absolute Gasteiger partial charge is 0.310 e. The molecule has 5 nitrogen and oxygen atoms in total. The maximum Gasteiger partial charge on any atom is 0.165 e. The Morgan fingerprint density at radius 3 is 2.62 bits per heavy atom. The second-order valence-corrected chi connectivity index (χ2v) is 4.44. The second kappa shape index (κ2) is 6.58. The molecule has 0 saturated heterocycles. The Bertz CT molecular complexity index is 294. The molecule has 1 rings (SSSR count). The first-order valence-electron chi connectivity index (χ1n) is 6.18. The van der Waals surface area contributed by atoms with Crippen LogP contribution in [0.1, 0.15) is 52.4 Å². The van der Waals surface area contributed by atoms with Crippen LogP contribution in [0.2, 0.25) is 0 Å². The van der Waals surface area contributed by atoms with Crippen LogP contribution < -0.4 is 5.32 Å². The van der Waals surface area contributed by atoms with E-state index in [1.807, 2.05) is 4.68 Å². The van der Waals surface area contributed by atoms with Crippen molar-refractivity contribution in [3.05, 3.63) is 5.82 Å². The van der Waals surface area contributed by atoms with E-state index in [1.165, 1.54) is 0 Å². The monoisotopic (exact) mass is 225 g/mol. The number of hydrogen-bond donors (Lipinski definition) is 1. The highest BCUT2D eigenvalue weighted by Gasteiger charge is 2.18. The van der Waals surface area contributed by atoms with Crippen molar-refractivity contribution in [2.45, 2.75) is 53.1 Å². The average Bonchev–Trinajstić information content (AvgIpc) is 2.68. The van der Waals surface area contributed by atoms with Gasteiger partial charge in [-0.15, -0.1) is 5.10 Å². The molecule has 1 N–H and O–H groups in total. The molecule has 1 unspecified atom stereocenters. The molecule has 0 aliphatic rings. The van der Waals surface area contributed by atoms with Gasteiger partial charge in [-0.3, -0.25) is 0 Å². The summed E-state index contributed by atoms with van der Waals surface area (Å²) in [5.74, 6) is 1.49. The summed E-state index contributed by atoms with van der Waals surface area (Å²) in [6.45, 7) is 10.5. The number of hydrogen-bond acceptors (Lipinski definition) is 4. The first-order chi connectivity index (χ1) is 7.70. The van der Waals surface area contributed by atoms with Gasteiger partial charge in [-0.25, -0.2) is 4.68 Å². The molecule has 0 aliphatic carbocycles. The smallest absolute Gasteiger partial charge is 0.165 e. The Morgan fingerprint density at radius 1 is 1.31 bits per heavy atom. The fraction of sp³-hybridized carbons (Fsp3) is 0.909. The molecule has 0 bridgehead atoms. The molecule has 0 aliphatic heterocycles. The van der Waals surface area contributed by atoms with Crippen LogP contribution in [0.15, 0.2) is 0 Å². The number of aromatic nitrogens is 4. The van der Waals surface area contributed by atoms with E-state index in [0.717, 1.165) is 31.8 Å². The van der Waals surface area contributed by atoms with Crippen LogP contribution in [0.25, 0.3) is 0 Å². The first kappa shape index (κ1) is 13.1. The minimum Gasteiger partial charge on any atom is -0.310 e. The predicted molar refractivity (Wildman–Crippen MR) is 64.0 cm³/mol. The zero-order valence-electron chi connectivity index (χ0n) is 10.8. The van der Waals surface area contributed by atoms with Gasteiger partial charge >= 0.3 is 0 Å². The van der Waals surface area contributed by atoms with Gasteiger partial charge in [0.2, 0.25) is 0 Å². The lowest BCUT2D eigenvalue weighted by atomic mass is 10.0. The Morgan fingerprint density at radius 2 is 2.06 bits per heavy atom. The quantitative estimate of drug-likeness (QED) is 0.719. The van der Waals surface area contributed by atoms with Gasteiger partial charge in [0.05, 0.1) is 12.6 Å². The minimum atomic E-state index is 0.397. The van der Waals surface area contributed by atoms with E-state index in [-0.39, 0.29) is 0 Å². The van der Waals surface area contributed by atoms with Crippen molar-refractivity contribution in [2.75, 3.05) is 6.54 Å². The number of tetrazole rings is 1. The van der Waals surface area contributed by atoms with Gasteiger partial charge in [-0.05, 0) is 35.7 Å². The molecule has 1 atom stereocenters. The highest BCUT2D eigenvalue weighted by atomic mass is 15.6. The third-order valence-corrected chi connectivity index (χ3v) is 2.77. The molecule has 92 valence electrons. The van der Waals surface area contributed by atoms with Crippen molar-refractivity contribution < 1.29 is 0 Å². The van der Waals surface area contributed by atoms with Crippen LogP contribution in [0.3, 0.4) is 0 Å². The topological polar surface area (TPSA) is 55.6 Å². The van der Waals surface area contributed by atoms with Crippen LogP contribution in [-0.2, 0) is 6.54 Å². The minimum absolute atomic E-state index is 0.397. The number of rotatable bonds is 7. The average molecular weight is 225 g/mol. The maximum atomic E-state index is 4.10. The molecule has 0 radical (unpaired) electrons. The summed E-state index contributed by atoms with van der Waals surface area (Å²) in [5.41, 5.74) is 0. The van der Waals surface area contributed by atoms with E-state index < -0.39 is 0 Å². The van der Waals surface area contributed by atoms with Crippen molar-refractivity contribution in [3.8, 4) is 0 Å². The summed E-state index contributed by atoms with van der Waals surface area (Å²) >= 11 is 0. The van der Waals surface area contributed by atoms with Crippen molar-refractivity contribution in [1.82, 2.24) is 25.5 Å². The summed E-state index contributed by atoms with van der Waals surface area (Å²) in [7, 11) is 0. The Labute approximate surface area is 97.6 Å². The number of nitrogens with zero attached hydrogens (tertiary/aromatic N) is 4. The standard InChI is InChI=1S/C11H23N5/c1-5-7-12-8-11-13-14-15-16(11)10(6-2)9(3)4/h9-10,12H,5-8H2,1-4H3. The van der Waals surface area contributed by atoms with E-state index in [9.17, 15) is 0 Å². The predicted octanol–water partition coefficient (Wildman–Crippen LogP) is 1.78. The van der Waals surface area contributed by atoms with Crippen molar-refractivity contribution in [1.29, 1.82) is 0 Å². The summed E-state index contributed by atoms with van der Waals surface area (Å²) in [4.78, 5) is 0. The summed E-state index contributed by atoms with van der Waals surface area (Å²) < 4.78 is 1.97. The van der Waals surface area contributed by atoms with Gasteiger partial charge < -0.3 is 5.32 Å². The molecule has 5 heteroatoms. The number of nitrogens with one attached hydrogen (secondary N) is 1. The lowest BCUT2D eigenvalue weighted by molar-refractivity contribution is 0.319. The van der Waals surface area contributed by atoms with Crippen LogP contribution >= 0.6 is 0 Å². The van der Waals surface area contributed by atoms with Crippen molar-refractivity contribution in [3.63, 3.8) is 0 Å². The molecule has 0 spiro atoms. The Balaban J connectivity index is 2.68. The van der Waals surface area contributed by atoms with Crippen LogP contribution in [0.5, 0.6) is 0 Å². The van der Waals surface area contributed by atoms with E-state index in [4.69, 9.17) is 0 Å². The lowest BCUT2D eigenvalue weighted by Gasteiger charge is -2.20. The van der Waals surface area contributed by atoms with Gasteiger partial charge in [-0.2, -0.15) is 0 Å². The van der Waals surface area contributed by atoms with Crippen molar-refractivity contribution in [2.24, 2.45) is 5.92 Å². The van der Waals surface area contributed by atoms with Gasteiger partial charge in [0, 0.05) is 0 Å². The first-order valence-corrected chi connectivity index (χ1v) is 6.18. The fourth-order valence-corrected chi connectivity index (χ4v) is 1.89. The molecular weight excluding hydrogens is 202 g/mol. The molecule has 1 aromatic rings. The SMILES string of the molecule is CCCNCc1nnnn1C(CC)C(C)C. The Hall–Kier alpha value is -0.970. The Kier molecular flexibility index (Phi) is 5.38. The molecule has 1 aromatic heterocycles. The highest BCUT2D eigenvalue weighted by Crippen LogP contribution is 2.20. The summed E-state index contributed by atoms with van der Waals surface area (Å²) in [6.07, 6.45) is 2.19.